The number of ether oxygens (including phenoxy) is 1. The van der Waals surface area contributed by atoms with Gasteiger partial charge >= 0.3 is 0 Å². The second kappa shape index (κ2) is 7.94. The highest BCUT2D eigenvalue weighted by Gasteiger charge is 2.11. The van der Waals surface area contributed by atoms with Crippen LogP contribution in [0.15, 0.2) is 30.3 Å². The van der Waals surface area contributed by atoms with E-state index in [4.69, 9.17) is 56.9 Å². The molecule has 0 aliphatic carbocycles. The van der Waals surface area contributed by atoms with E-state index in [9.17, 15) is 9.59 Å². The molecule has 0 fully saturated rings. The molecule has 0 spiro atoms. The van der Waals surface area contributed by atoms with Crippen LogP contribution in [0.1, 0.15) is 10.4 Å². The van der Waals surface area contributed by atoms with E-state index in [0.29, 0.717) is 5.69 Å². The molecule has 0 radical (unpaired) electrons. The first-order chi connectivity index (χ1) is 11.3. The van der Waals surface area contributed by atoms with Gasteiger partial charge in [0.25, 0.3) is 5.91 Å². The predicted octanol–water partition coefficient (Wildman–Crippen LogP) is 4.42. The van der Waals surface area contributed by atoms with E-state index < -0.39 is 11.8 Å². The van der Waals surface area contributed by atoms with Crippen molar-refractivity contribution in [2.45, 2.75) is 0 Å². The molecule has 3 N–H and O–H groups in total. The lowest BCUT2D eigenvalue weighted by molar-refractivity contribution is -0.118. The number of rotatable bonds is 5. The van der Waals surface area contributed by atoms with Crippen LogP contribution in [0, 0.1) is 0 Å². The maximum atomic E-state index is 11.9. The van der Waals surface area contributed by atoms with Crippen molar-refractivity contribution < 1.29 is 14.3 Å². The zero-order valence-corrected chi connectivity index (χ0v) is 14.9. The van der Waals surface area contributed by atoms with Gasteiger partial charge in [0.15, 0.2) is 6.61 Å². The summed E-state index contributed by atoms with van der Waals surface area (Å²) < 4.78 is 5.30. The first kappa shape index (κ1) is 18.7. The standard InChI is InChI=1S/C15H10Cl4N2O3/c16-9-3-7(1-2-8(9)15(20)23)21-14(22)6-24-13-5-11(18)10(17)4-12(13)19/h1-5H,6H2,(H2,20,23)(H,21,22). The first-order valence-electron chi connectivity index (χ1n) is 6.44. The minimum absolute atomic E-state index is 0.133. The van der Waals surface area contributed by atoms with Crippen molar-refractivity contribution in [1.82, 2.24) is 0 Å². The van der Waals surface area contributed by atoms with E-state index in [0.717, 1.165) is 0 Å². The minimum atomic E-state index is -0.657. The Balaban J connectivity index is 2.00. The molecule has 2 aromatic rings. The van der Waals surface area contributed by atoms with Crippen LogP contribution in [0.3, 0.4) is 0 Å². The van der Waals surface area contributed by atoms with Gasteiger partial charge in [-0.15, -0.1) is 0 Å². The maximum absolute atomic E-state index is 11.9. The zero-order valence-electron chi connectivity index (χ0n) is 11.9. The summed E-state index contributed by atoms with van der Waals surface area (Å²) in [5, 5.41) is 3.46. The van der Waals surface area contributed by atoms with Crippen molar-refractivity contribution in [1.29, 1.82) is 0 Å². The Hall–Kier alpha value is -1.66. The molecule has 5 nitrogen and oxygen atoms in total. The summed E-state index contributed by atoms with van der Waals surface area (Å²) in [7, 11) is 0. The Labute approximate surface area is 157 Å². The molecule has 0 unspecified atom stereocenters. The Morgan fingerprint density at radius 3 is 2.25 bits per heavy atom. The SMILES string of the molecule is NC(=O)c1ccc(NC(=O)COc2cc(Cl)c(Cl)cc2Cl)cc1Cl. The molecule has 0 aromatic heterocycles. The molecule has 24 heavy (non-hydrogen) atoms. The number of amides is 2. The number of nitrogens with one attached hydrogen (secondary N) is 1. The Bertz CT molecular complexity index is 812. The first-order valence-corrected chi connectivity index (χ1v) is 7.95. The van der Waals surface area contributed by atoms with E-state index in [-0.39, 0.29) is 38.0 Å². The largest absolute Gasteiger partial charge is 0.482 e. The van der Waals surface area contributed by atoms with Crippen molar-refractivity contribution in [2.24, 2.45) is 5.73 Å². The van der Waals surface area contributed by atoms with Crippen molar-refractivity contribution in [2.75, 3.05) is 11.9 Å². The zero-order chi connectivity index (χ0) is 17.9. The topological polar surface area (TPSA) is 81.4 Å². The normalized spacial score (nSPS) is 10.3. The monoisotopic (exact) mass is 406 g/mol. The van der Waals surface area contributed by atoms with Gasteiger partial charge in [0.05, 0.1) is 25.7 Å². The van der Waals surface area contributed by atoms with E-state index >= 15 is 0 Å². The summed E-state index contributed by atoms with van der Waals surface area (Å²) in [6.07, 6.45) is 0. The Morgan fingerprint density at radius 1 is 0.958 bits per heavy atom. The number of halogens is 4. The molecule has 126 valence electrons. The predicted molar refractivity (Wildman–Crippen MR) is 95.6 cm³/mol. The van der Waals surface area contributed by atoms with E-state index in [1.165, 1.54) is 30.3 Å². The third-order valence-electron chi connectivity index (χ3n) is 2.85. The van der Waals surface area contributed by atoms with Gasteiger partial charge in [-0.3, -0.25) is 9.59 Å². The van der Waals surface area contributed by atoms with Crippen LogP contribution >= 0.6 is 46.4 Å². The summed E-state index contributed by atoms with van der Waals surface area (Å²) in [6.45, 7) is -0.313. The summed E-state index contributed by atoms with van der Waals surface area (Å²) in [4.78, 5) is 23.0. The van der Waals surface area contributed by atoms with Gasteiger partial charge in [0.1, 0.15) is 5.75 Å². The fraction of sp³-hybridized carbons (Fsp3) is 0.0667. The van der Waals surface area contributed by atoms with Gasteiger partial charge in [0, 0.05) is 11.8 Å². The lowest BCUT2D eigenvalue weighted by Crippen LogP contribution is -2.20. The highest BCUT2D eigenvalue weighted by molar-refractivity contribution is 6.43. The third-order valence-corrected chi connectivity index (χ3v) is 4.18. The van der Waals surface area contributed by atoms with Crippen molar-refractivity contribution >= 4 is 63.9 Å². The average molecular weight is 408 g/mol. The van der Waals surface area contributed by atoms with Crippen LogP contribution < -0.4 is 15.8 Å². The van der Waals surface area contributed by atoms with Crippen LogP contribution in [0.25, 0.3) is 0 Å². The number of carbonyl (C=O) groups is 2. The second-order valence-corrected chi connectivity index (χ2v) is 6.22. The third kappa shape index (κ3) is 4.68. The highest BCUT2D eigenvalue weighted by atomic mass is 35.5. The fourth-order valence-electron chi connectivity index (χ4n) is 1.75. The van der Waals surface area contributed by atoms with Crippen molar-refractivity contribution in [3.05, 3.63) is 56.0 Å². The second-order valence-electron chi connectivity index (χ2n) is 4.59. The van der Waals surface area contributed by atoms with Gasteiger partial charge in [-0.25, -0.2) is 0 Å². The number of primary amides is 1. The van der Waals surface area contributed by atoms with E-state index in [1.54, 1.807) is 0 Å². The summed E-state index contributed by atoms with van der Waals surface area (Å²) >= 11 is 23.5. The molecule has 0 aliphatic heterocycles. The molecule has 2 rings (SSSR count). The summed E-state index contributed by atoms with van der Waals surface area (Å²) in [5.74, 6) is -0.890. The van der Waals surface area contributed by atoms with E-state index in [1.807, 2.05) is 0 Å². The van der Waals surface area contributed by atoms with Crippen LogP contribution in [-0.2, 0) is 4.79 Å². The van der Waals surface area contributed by atoms with Crippen molar-refractivity contribution in [3.8, 4) is 5.75 Å². The minimum Gasteiger partial charge on any atom is -0.482 e. The van der Waals surface area contributed by atoms with Gasteiger partial charge < -0.3 is 15.8 Å². The molecule has 0 saturated heterocycles. The number of anilines is 1. The lowest BCUT2D eigenvalue weighted by Gasteiger charge is -2.10. The molecule has 0 bridgehead atoms. The van der Waals surface area contributed by atoms with Gasteiger partial charge in [-0.1, -0.05) is 46.4 Å². The van der Waals surface area contributed by atoms with Crippen LogP contribution in [0.2, 0.25) is 20.1 Å². The number of nitrogens with two attached hydrogens (primary N) is 1. The van der Waals surface area contributed by atoms with Gasteiger partial charge in [0.2, 0.25) is 5.91 Å². The van der Waals surface area contributed by atoms with Crippen LogP contribution in [0.4, 0.5) is 5.69 Å². The molecule has 0 saturated carbocycles. The smallest absolute Gasteiger partial charge is 0.262 e. The number of hydrogen-bond donors (Lipinski definition) is 2. The highest BCUT2D eigenvalue weighted by Crippen LogP contribution is 2.33. The molecule has 2 aromatic carbocycles. The summed E-state index contributed by atoms with van der Waals surface area (Å²) in [6, 6.07) is 7.15. The number of carbonyl (C=O) groups excluding carboxylic acids is 2. The Kier molecular flexibility index (Phi) is 6.18. The van der Waals surface area contributed by atoms with Gasteiger partial charge in [-0.05, 0) is 24.3 Å². The van der Waals surface area contributed by atoms with Crippen molar-refractivity contribution in [3.63, 3.8) is 0 Å². The molecule has 2 amide bonds. The quantitative estimate of drug-likeness (QED) is 0.720. The number of hydrogen-bond acceptors (Lipinski definition) is 3. The fourth-order valence-corrected chi connectivity index (χ4v) is 2.61. The molecular weight excluding hydrogens is 398 g/mol. The molecule has 0 atom stereocenters. The molecular formula is C15H10Cl4N2O3. The molecule has 0 aliphatic rings. The molecule has 0 heterocycles. The Morgan fingerprint density at radius 2 is 1.62 bits per heavy atom. The number of benzene rings is 2. The van der Waals surface area contributed by atoms with Crippen LogP contribution in [-0.4, -0.2) is 18.4 Å². The van der Waals surface area contributed by atoms with E-state index in [2.05, 4.69) is 5.32 Å². The molecule has 9 heteroatoms. The summed E-state index contributed by atoms with van der Waals surface area (Å²) in [5.41, 5.74) is 5.70. The van der Waals surface area contributed by atoms with Gasteiger partial charge in [-0.2, -0.15) is 0 Å². The average Bonchev–Trinajstić information content (AvgIpc) is 2.49. The maximum Gasteiger partial charge on any atom is 0.262 e. The van der Waals surface area contributed by atoms with Crippen LogP contribution in [0.5, 0.6) is 5.75 Å². The lowest BCUT2D eigenvalue weighted by atomic mass is 10.2.